The molecule has 0 bridgehead atoms. The van der Waals surface area contributed by atoms with E-state index in [1.165, 1.54) is 6.07 Å². The number of rotatable bonds is 5. The lowest BCUT2D eigenvalue weighted by Crippen LogP contribution is -2.36. The molecule has 2 N–H and O–H groups in total. The van der Waals surface area contributed by atoms with Crippen molar-refractivity contribution in [3.63, 3.8) is 0 Å². The maximum Gasteiger partial charge on any atom is 0.251 e. The predicted molar refractivity (Wildman–Crippen MR) is 101 cm³/mol. The van der Waals surface area contributed by atoms with Crippen molar-refractivity contribution >= 4 is 29.5 Å². The van der Waals surface area contributed by atoms with E-state index in [2.05, 4.69) is 10.6 Å². The van der Waals surface area contributed by atoms with E-state index in [9.17, 15) is 14.0 Å². The first-order chi connectivity index (χ1) is 12.9. The van der Waals surface area contributed by atoms with Gasteiger partial charge in [0.2, 0.25) is 0 Å². The van der Waals surface area contributed by atoms with E-state index in [0.29, 0.717) is 21.9 Å². The molecule has 5 nitrogen and oxygen atoms in total. The van der Waals surface area contributed by atoms with Crippen LogP contribution >= 0.6 is 11.6 Å². The van der Waals surface area contributed by atoms with E-state index in [1.54, 1.807) is 43.3 Å². The fourth-order valence-corrected chi connectivity index (χ4v) is 2.76. The number of halogens is 2. The Morgan fingerprint density at radius 1 is 1.11 bits per heavy atom. The molecule has 0 atom stereocenters. The first-order valence-electron chi connectivity index (χ1n) is 8.39. The number of ether oxygens (including phenoxy) is 1. The van der Waals surface area contributed by atoms with Crippen LogP contribution in [0.4, 0.5) is 4.39 Å². The van der Waals surface area contributed by atoms with Gasteiger partial charge in [-0.15, -0.1) is 0 Å². The average molecular weight is 389 g/mol. The molecule has 1 heterocycles. The van der Waals surface area contributed by atoms with Crippen LogP contribution < -0.4 is 15.4 Å². The fourth-order valence-electron chi connectivity index (χ4n) is 2.58. The normalized spacial score (nSPS) is 12.5. The predicted octanol–water partition coefficient (Wildman–Crippen LogP) is 3.11. The molecule has 3 rings (SSSR count). The van der Waals surface area contributed by atoms with Crippen molar-refractivity contribution < 1.29 is 18.7 Å². The molecule has 0 unspecified atom stereocenters. The summed E-state index contributed by atoms with van der Waals surface area (Å²) in [7, 11) is 0. The molecule has 2 aromatic rings. The van der Waals surface area contributed by atoms with Gasteiger partial charge in [0.1, 0.15) is 18.2 Å². The quantitative estimate of drug-likeness (QED) is 0.773. The van der Waals surface area contributed by atoms with Crippen molar-refractivity contribution in [2.24, 2.45) is 0 Å². The number of fused-ring (bicyclic) bond motifs is 1. The summed E-state index contributed by atoms with van der Waals surface area (Å²) in [6, 6.07) is 9.50. The summed E-state index contributed by atoms with van der Waals surface area (Å²) in [6.07, 6.45) is 1.73. The Hall–Kier alpha value is -2.86. The molecule has 0 aliphatic carbocycles. The summed E-state index contributed by atoms with van der Waals surface area (Å²) < 4.78 is 19.0. The minimum atomic E-state index is -0.430. The van der Waals surface area contributed by atoms with E-state index in [-0.39, 0.29) is 31.2 Å². The lowest BCUT2D eigenvalue weighted by atomic mass is 10.1. The Bertz CT molecular complexity index is 927. The molecule has 7 heteroatoms. The van der Waals surface area contributed by atoms with Crippen LogP contribution in [0.25, 0.3) is 6.08 Å². The highest BCUT2D eigenvalue weighted by atomic mass is 35.5. The number of nitrogens with one attached hydrogen (secondary N) is 2. The number of hydrogen-bond acceptors (Lipinski definition) is 3. The standard InChI is InChI=1S/C20H18ClFN2O3/c1-12-2-3-13(10-17(12)22)19(25)23-6-7-24-20(26)15-8-14-9-16(21)4-5-18(14)27-11-15/h2-5,8-10H,6-7,11H2,1H3,(H,23,25)(H,24,26). The zero-order valence-electron chi connectivity index (χ0n) is 14.6. The molecule has 0 saturated heterocycles. The van der Waals surface area contributed by atoms with Crippen molar-refractivity contribution in [1.29, 1.82) is 0 Å². The van der Waals surface area contributed by atoms with Crippen LogP contribution in [0.5, 0.6) is 5.75 Å². The molecular formula is C20H18ClFN2O3. The molecule has 2 aromatic carbocycles. The summed E-state index contributed by atoms with van der Waals surface area (Å²) in [6.45, 7) is 2.24. The summed E-state index contributed by atoms with van der Waals surface area (Å²) in [5.74, 6) is -0.433. The zero-order valence-corrected chi connectivity index (χ0v) is 15.4. The van der Waals surface area contributed by atoms with E-state index in [0.717, 1.165) is 5.56 Å². The zero-order chi connectivity index (χ0) is 19.4. The van der Waals surface area contributed by atoms with Gasteiger partial charge in [0, 0.05) is 29.2 Å². The number of carbonyl (C=O) groups is 2. The Morgan fingerprint density at radius 2 is 1.85 bits per heavy atom. The second kappa shape index (κ2) is 8.22. The van der Waals surface area contributed by atoms with Crippen LogP contribution in [0.1, 0.15) is 21.5 Å². The summed E-state index contributed by atoms with van der Waals surface area (Å²) in [4.78, 5) is 24.2. The van der Waals surface area contributed by atoms with Crippen LogP contribution in [0.2, 0.25) is 5.02 Å². The second-order valence-corrected chi connectivity index (χ2v) is 6.55. The highest BCUT2D eigenvalue weighted by Crippen LogP contribution is 2.28. The Balaban J connectivity index is 1.50. The number of benzene rings is 2. The Morgan fingerprint density at radius 3 is 2.59 bits per heavy atom. The van der Waals surface area contributed by atoms with Gasteiger partial charge in [0.05, 0.1) is 5.57 Å². The molecule has 1 aliphatic heterocycles. The lowest BCUT2D eigenvalue weighted by molar-refractivity contribution is -0.117. The molecule has 0 aromatic heterocycles. The molecule has 2 amide bonds. The minimum Gasteiger partial charge on any atom is -0.488 e. The highest BCUT2D eigenvalue weighted by Gasteiger charge is 2.17. The molecule has 1 aliphatic rings. The summed E-state index contributed by atoms with van der Waals surface area (Å²) in [5, 5.41) is 5.92. The van der Waals surface area contributed by atoms with Gasteiger partial charge in [0.25, 0.3) is 11.8 Å². The average Bonchev–Trinajstić information content (AvgIpc) is 2.66. The number of carbonyl (C=O) groups excluding carboxylic acids is 2. The number of aryl methyl sites for hydroxylation is 1. The smallest absolute Gasteiger partial charge is 0.251 e. The van der Waals surface area contributed by atoms with E-state index >= 15 is 0 Å². The second-order valence-electron chi connectivity index (χ2n) is 6.12. The van der Waals surface area contributed by atoms with Crippen LogP contribution in [0.3, 0.4) is 0 Å². The molecule has 0 radical (unpaired) electrons. The molecular weight excluding hydrogens is 371 g/mol. The summed E-state index contributed by atoms with van der Waals surface area (Å²) in [5.41, 5.74) is 1.93. The van der Waals surface area contributed by atoms with E-state index in [4.69, 9.17) is 16.3 Å². The van der Waals surface area contributed by atoms with Crippen molar-refractivity contribution in [2.75, 3.05) is 19.7 Å². The number of amides is 2. The lowest BCUT2D eigenvalue weighted by Gasteiger charge is -2.18. The van der Waals surface area contributed by atoms with Crippen LogP contribution in [-0.2, 0) is 4.79 Å². The third-order valence-electron chi connectivity index (χ3n) is 4.11. The largest absolute Gasteiger partial charge is 0.488 e. The van der Waals surface area contributed by atoms with Gasteiger partial charge < -0.3 is 15.4 Å². The first-order valence-corrected chi connectivity index (χ1v) is 8.77. The molecule has 140 valence electrons. The third kappa shape index (κ3) is 4.65. The van der Waals surface area contributed by atoms with Gasteiger partial charge >= 0.3 is 0 Å². The highest BCUT2D eigenvalue weighted by molar-refractivity contribution is 6.30. The maximum atomic E-state index is 13.5. The third-order valence-corrected chi connectivity index (χ3v) is 4.34. The summed E-state index contributed by atoms with van der Waals surface area (Å²) >= 11 is 5.96. The van der Waals surface area contributed by atoms with Gasteiger partial charge in [0.15, 0.2) is 0 Å². The Kier molecular flexibility index (Phi) is 5.76. The Labute approximate surface area is 161 Å². The van der Waals surface area contributed by atoms with Gasteiger partial charge in [-0.25, -0.2) is 4.39 Å². The topological polar surface area (TPSA) is 67.4 Å². The SMILES string of the molecule is Cc1ccc(C(=O)NCCNC(=O)C2=Cc3cc(Cl)ccc3OC2)cc1F. The molecule has 0 saturated carbocycles. The van der Waals surface area contributed by atoms with Gasteiger partial charge in [-0.2, -0.15) is 0 Å². The molecule has 0 spiro atoms. The van der Waals surface area contributed by atoms with Crippen LogP contribution in [0, 0.1) is 12.7 Å². The monoisotopic (exact) mass is 388 g/mol. The molecule has 0 fully saturated rings. The van der Waals surface area contributed by atoms with Gasteiger partial charge in [-0.3, -0.25) is 9.59 Å². The van der Waals surface area contributed by atoms with Crippen molar-refractivity contribution in [1.82, 2.24) is 10.6 Å². The van der Waals surface area contributed by atoms with Crippen LogP contribution in [-0.4, -0.2) is 31.5 Å². The number of hydrogen-bond donors (Lipinski definition) is 2. The fraction of sp³-hybridized carbons (Fsp3) is 0.200. The maximum absolute atomic E-state index is 13.5. The minimum absolute atomic E-state index is 0.162. The van der Waals surface area contributed by atoms with Crippen molar-refractivity contribution in [2.45, 2.75) is 6.92 Å². The molecule has 27 heavy (non-hydrogen) atoms. The van der Waals surface area contributed by atoms with Crippen molar-refractivity contribution in [3.05, 3.63) is 69.5 Å². The van der Waals surface area contributed by atoms with Crippen LogP contribution in [0.15, 0.2) is 42.0 Å². The first kappa shape index (κ1) is 18.9. The van der Waals surface area contributed by atoms with E-state index in [1.807, 2.05) is 0 Å². The van der Waals surface area contributed by atoms with E-state index < -0.39 is 11.7 Å². The van der Waals surface area contributed by atoms with Gasteiger partial charge in [-0.1, -0.05) is 17.7 Å². The van der Waals surface area contributed by atoms with Gasteiger partial charge in [-0.05, 0) is 48.9 Å². The van der Waals surface area contributed by atoms with Crippen molar-refractivity contribution in [3.8, 4) is 5.75 Å².